The number of anilines is 1. The molecular weight excluding hydrogens is 525 g/mol. The van der Waals surface area contributed by atoms with Gasteiger partial charge in [-0.15, -0.1) is 0 Å². The van der Waals surface area contributed by atoms with Gasteiger partial charge in [0.2, 0.25) is 0 Å². The summed E-state index contributed by atoms with van der Waals surface area (Å²) in [5.74, 6) is -1.07. The SMILES string of the molecule is N#Cc1cccc(-c2nc(N)c3nc(Cc4c(F)cccc4CNC4CC(C(=O)O)C4)nn3c2-c2ccncn2)c1. The van der Waals surface area contributed by atoms with Crippen molar-refractivity contribution < 1.29 is 14.3 Å². The topological polar surface area (TPSA) is 168 Å². The van der Waals surface area contributed by atoms with Crippen molar-refractivity contribution in [2.45, 2.75) is 31.8 Å². The van der Waals surface area contributed by atoms with Crippen molar-refractivity contribution in [2.24, 2.45) is 5.92 Å². The van der Waals surface area contributed by atoms with Gasteiger partial charge in [0.25, 0.3) is 0 Å². The van der Waals surface area contributed by atoms with Crippen LogP contribution in [-0.4, -0.2) is 46.7 Å². The number of carbonyl (C=O) groups is 1. The number of nitrogens with zero attached hydrogens (tertiary/aromatic N) is 7. The number of benzene rings is 2. The standard InChI is InChI=1S/C29H24FN9O2/c30-22-6-2-5-18(14-34-20-10-19(11-20)29(40)41)21(22)12-24-36-28-27(32)37-25(17-4-1-3-16(9-17)13-31)26(39(28)38-24)23-7-8-33-15-35-23/h1-9,15,19-20,34H,10-12,14H2,(H2,32,37)(H,40,41). The highest BCUT2D eigenvalue weighted by Crippen LogP contribution is 2.33. The van der Waals surface area contributed by atoms with Crippen LogP contribution in [0.25, 0.3) is 28.3 Å². The molecule has 1 aliphatic rings. The Hall–Kier alpha value is -5.28. The minimum atomic E-state index is -0.788. The van der Waals surface area contributed by atoms with Crippen molar-refractivity contribution in [2.75, 3.05) is 5.73 Å². The van der Waals surface area contributed by atoms with Crippen molar-refractivity contribution in [3.63, 3.8) is 0 Å². The zero-order valence-corrected chi connectivity index (χ0v) is 21.7. The van der Waals surface area contributed by atoms with Crippen LogP contribution in [-0.2, 0) is 17.8 Å². The van der Waals surface area contributed by atoms with Gasteiger partial charge in [0.05, 0.1) is 23.2 Å². The first kappa shape index (κ1) is 26.0. The van der Waals surface area contributed by atoms with E-state index in [9.17, 15) is 10.1 Å². The normalized spacial score (nSPS) is 16.3. The van der Waals surface area contributed by atoms with Crippen LogP contribution >= 0.6 is 0 Å². The van der Waals surface area contributed by atoms with E-state index in [1.54, 1.807) is 41.0 Å². The molecule has 5 aromatic rings. The Balaban J connectivity index is 1.39. The Morgan fingerprint density at radius 1 is 1.20 bits per heavy atom. The molecule has 0 spiro atoms. The summed E-state index contributed by atoms with van der Waals surface area (Å²) in [6, 6.07) is 15.7. The molecule has 0 amide bonds. The van der Waals surface area contributed by atoms with Crippen molar-refractivity contribution in [1.29, 1.82) is 5.26 Å². The molecule has 0 radical (unpaired) electrons. The molecule has 1 fully saturated rings. The van der Waals surface area contributed by atoms with E-state index in [1.165, 1.54) is 12.4 Å². The summed E-state index contributed by atoms with van der Waals surface area (Å²) in [6.45, 7) is 0.382. The van der Waals surface area contributed by atoms with Crippen LogP contribution in [0.1, 0.15) is 35.4 Å². The number of carboxylic acids is 1. The highest BCUT2D eigenvalue weighted by Gasteiger charge is 2.34. The first-order chi connectivity index (χ1) is 19.9. The molecule has 3 heterocycles. The number of nitriles is 1. The minimum absolute atomic E-state index is 0.0692. The molecule has 6 rings (SSSR count). The van der Waals surface area contributed by atoms with Gasteiger partial charge in [-0.1, -0.05) is 24.3 Å². The summed E-state index contributed by atoms with van der Waals surface area (Å²) in [6.07, 6.45) is 4.19. The van der Waals surface area contributed by atoms with E-state index in [2.05, 4.69) is 31.3 Å². The summed E-state index contributed by atoms with van der Waals surface area (Å²) >= 11 is 0. The van der Waals surface area contributed by atoms with E-state index in [0.29, 0.717) is 64.6 Å². The largest absolute Gasteiger partial charge is 0.481 e. The second-order valence-electron chi connectivity index (χ2n) is 9.88. The number of nitrogen functional groups attached to an aromatic ring is 1. The molecule has 41 heavy (non-hydrogen) atoms. The van der Waals surface area contributed by atoms with Crippen LogP contribution < -0.4 is 11.1 Å². The van der Waals surface area contributed by atoms with Gasteiger partial charge in [-0.05, 0) is 48.2 Å². The fraction of sp³-hybridized carbons (Fsp3) is 0.207. The fourth-order valence-electron chi connectivity index (χ4n) is 5.04. The van der Waals surface area contributed by atoms with Gasteiger partial charge >= 0.3 is 5.97 Å². The first-order valence-corrected chi connectivity index (χ1v) is 13.0. The number of rotatable bonds is 8. The molecule has 0 saturated heterocycles. The molecule has 1 saturated carbocycles. The average molecular weight is 550 g/mol. The molecule has 4 N–H and O–H groups in total. The maximum atomic E-state index is 15.1. The summed E-state index contributed by atoms with van der Waals surface area (Å²) in [7, 11) is 0. The third-order valence-corrected chi connectivity index (χ3v) is 7.26. The monoisotopic (exact) mass is 549 g/mol. The quantitative estimate of drug-likeness (QED) is 0.261. The zero-order valence-electron chi connectivity index (χ0n) is 21.7. The Kier molecular flexibility index (Phi) is 6.78. The number of halogens is 1. The van der Waals surface area contributed by atoms with Gasteiger partial charge < -0.3 is 16.2 Å². The molecule has 204 valence electrons. The molecule has 0 atom stereocenters. The second-order valence-corrected chi connectivity index (χ2v) is 9.88. The number of hydrogen-bond donors (Lipinski definition) is 3. The smallest absolute Gasteiger partial charge is 0.306 e. The Labute approximate surface area is 233 Å². The minimum Gasteiger partial charge on any atom is -0.481 e. The number of aromatic nitrogens is 6. The van der Waals surface area contributed by atoms with Gasteiger partial charge in [0.1, 0.15) is 23.5 Å². The van der Waals surface area contributed by atoms with Crippen molar-refractivity contribution >= 4 is 17.4 Å². The van der Waals surface area contributed by atoms with E-state index in [0.717, 1.165) is 5.56 Å². The van der Waals surface area contributed by atoms with E-state index in [1.807, 2.05) is 12.1 Å². The Morgan fingerprint density at radius 3 is 2.78 bits per heavy atom. The lowest BCUT2D eigenvalue weighted by Crippen LogP contribution is -2.43. The van der Waals surface area contributed by atoms with Crippen LogP contribution in [0.2, 0.25) is 0 Å². The van der Waals surface area contributed by atoms with Gasteiger partial charge in [-0.3, -0.25) is 4.79 Å². The van der Waals surface area contributed by atoms with Gasteiger partial charge in [0, 0.05) is 30.8 Å². The number of nitrogens with one attached hydrogen (secondary N) is 1. The summed E-state index contributed by atoms with van der Waals surface area (Å²) in [5.41, 5.74) is 10.4. The third kappa shape index (κ3) is 5.06. The molecule has 2 aromatic carbocycles. The fourth-order valence-corrected chi connectivity index (χ4v) is 5.04. The maximum Gasteiger partial charge on any atom is 0.306 e. The van der Waals surface area contributed by atoms with Crippen molar-refractivity contribution in [3.05, 3.63) is 89.4 Å². The highest BCUT2D eigenvalue weighted by molar-refractivity contribution is 5.81. The number of nitrogens with two attached hydrogens (primary N) is 1. The molecule has 0 aliphatic heterocycles. The number of aliphatic carboxylic acids is 1. The maximum absolute atomic E-state index is 15.1. The third-order valence-electron chi connectivity index (χ3n) is 7.26. The predicted octanol–water partition coefficient (Wildman–Crippen LogP) is 3.38. The summed E-state index contributed by atoms with van der Waals surface area (Å²) in [4.78, 5) is 28.8. The molecule has 12 heteroatoms. The lowest BCUT2D eigenvalue weighted by atomic mass is 9.80. The van der Waals surface area contributed by atoms with Crippen LogP contribution in [0.15, 0.2) is 61.1 Å². The van der Waals surface area contributed by atoms with Crippen LogP contribution in [0.5, 0.6) is 0 Å². The first-order valence-electron chi connectivity index (χ1n) is 13.0. The molecule has 11 nitrogen and oxygen atoms in total. The van der Waals surface area contributed by atoms with Crippen LogP contribution in [0.3, 0.4) is 0 Å². The average Bonchev–Trinajstić information content (AvgIpc) is 3.38. The van der Waals surface area contributed by atoms with Crippen LogP contribution in [0, 0.1) is 23.1 Å². The molecular formula is C29H24FN9O2. The molecule has 0 unspecified atom stereocenters. The predicted molar refractivity (Wildman–Crippen MR) is 147 cm³/mol. The van der Waals surface area contributed by atoms with Gasteiger partial charge in [0.15, 0.2) is 17.3 Å². The molecule has 1 aliphatic carbocycles. The van der Waals surface area contributed by atoms with Gasteiger partial charge in [-0.2, -0.15) is 10.4 Å². The van der Waals surface area contributed by atoms with E-state index >= 15 is 4.39 Å². The Bertz CT molecular complexity index is 1810. The zero-order chi connectivity index (χ0) is 28.5. The molecule has 0 bridgehead atoms. The number of carboxylic acid groups (broad SMARTS) is 1. The van der Waals surface area contributed by atoms with E-state index < -0.39 is 11.8 Å². The number of fused-ring (bicyclic) bond motifs is 1. The summed E-state index contributed by atoms with van der Waals surface area (Å²) in [5, 5.41) is 26.6. The molecule has 3 aromatic heterocycles. The lowest BCUT2D eigenvalue weighted by Gasteiger charge is -2.33. The highest BCUT2D eigenvalue weighted by atomic mass is 19.1. The lowest BCUT2D eigenvalue weighted by molar-refractivity contribution is -0.145. The van der Waals surface area contributed by atoms with E-state index in [-0.39, 0.29) is 24.2 Å². The second kappa shape index (κ2) is 10.7. The number of hydrogen-bond acceptors (Lipinski definition) is 9. The Morgan fingerprint density at radius 2 is 2.02 bits per heavy atom. The van der Waals surface area contributed by atoms with Gasteiger partial charge in [-0.25, -0.2) is 28.8 Å². The summed E-state index contributed by atoms with van der Waals surface area (Å²) < 4.78 is 16.7. The van der Waals surface area contributed by atoms with Crippen molar-refractivity contribution in [1.82, 2.24) is 34.9 Å². The van der Waals surface area contributed by atoms with Crippen molar-refractivity contribution in [3.8, 4) is 28.7 Å². The van der Waals surface area contributed by atoms with Crippen LogP contribution in [0.4, 0.5) is 10.2 Å². The van der Waals surface area contributed by atoms with E-state index in [4.69, 9.17) is 15.9 Å².